The number of amides is 1. The number of methoxy groups -OCH3 is 2. The van der Waals surface area contributed by atoms with Crippen molar-refractivity contribution in [2.75, 3.05) is 25.5 Å². The maximum atomic E-state index is 12.6. The van der Waals surface area contributed by atoms with Crippen LogP contribution in [0.3, 0.4) is 0 Å². The Morgan fingerprint density at radius 2 is 1.61 bits per heavy atom. The molecule has 8 heteroatoms. The van der Waals surface area contributed by atoms with E-state index in [-0.39, 0.29) is 10.8 Å². The normalized spacial score (nSPS) is 11.0. The summed E-state index contributed by atoms with van der Waals surface area (Å²) in [4.78, 5) is 12.7. The predicted molar refractivity (Wildman–Crippen MR) is 129 cm³/mol. The standard InChI is InChI=1S/C25H28N2O5S/c1-17-5-12-23(15-18(17)2)33(29,30)27-21-9-6-20(7-10-21)25(28)26-14-13-19-8-11-22(31-3)16-24(19)32-4/h5-12,15-16,27H,13-14H2,1-4H3,(H,26,28). The van der Waals surface area contributed by atoms with E-state index in [4.69, 9.17) is 9.47 Å². The summed E-state index contributed by atoms with van der Waals surface area (Å²) in [5.41, 5.74) is 3.69. The first-order chi connectivity index (χ1) is 15.7. The number of rotatable bonds is 9. The minimum Gasteiger partial charge on any atom is -0.497 e. The van der Waals surface area contributed by atoms with E-state index in [0.717, 1.165) is 16.7 Å². The molecule has 7 nitrogen and oxygen atoms in total. The van der Waals surface area contributed by atoms with Gasteiger partial charge in [-0.2, -0.15) is 0 Å². The number of benzene rings is 3. The van der Waals surface area contributed by atoms with Gasteiger partial charge < -0.3 is 14.8 Å². The van der Waals surface area contributed by atoms with Gasteiger partial charge in [0.05, 0.1) is 19.1 Å². The maximum absolute atomic E-state index is 12.6. The van der Waals surface area contributed by atoms with E-state index in [1.54, 1.807) is 62.8 Å². The highest BCUT2D eigenvalue weighted by atomic mass is 32.2. The first-order valence-corrected chi connectivity index (χ1v) is 11.9. The van der Waals surface area contributed by atoms with Crippen molar-refractivity contribution in [1.82, 2.24) is 5.32 Å². The Balaban J connectivity index is 1.59. The zero-order chi connectivity index (χ0) is 24.0. The van der Waals surface area contributed by atoms with Gasteiger partial charge >= 0.3 is 0 Å². The van der Waals surface area contributed by atoms with Gasteiger partial charge in [0.15, 0.2) is 0 Å². The number of hydrogen-bond donors (Lipinski definition) is 2. The molecule has 0 atom stereocenters. The van der Waals surface area contributed by atoms with Crippen LogP contribution >= 0.6 is 0 Å². The third-order valence-corrected chi connectivity index (χ3v) is 6.74. The minimum atomic E-state index is -3.71. The Hall–Kier alpha value is -3.52. The number of nitrogens with one attached hydrogen (secondary N) is 2. The molecule has 0 aromatic heterocycles. The summed E-state index contributed by atoms with van der Waals surface area (Å²) in [6, 6.07) is 16.8. The summed E-state index contributed by atoms with van der Waals surface area (Å²) in [6.07, 6.45) is 0.590. The van der Waals surface area contributed by atoms with Crippen molar-refractivity contribution in [3.8, 4) is 11.5 Å². The van der Waals surface area contributed by atoms with Gasteiger partial charge in [-0.3, -0.25) is 9.52 Å². The molecule has 0 saturated heterocycles. The van der Waals surface area contributed by atoms with Crippen LogP contribution in [0.4, 0.5) is 5.69 Å². The fraction of sp³-hybridized carbons (Fsp3) is 0.240. The van der Waals surface area contributed by atoms with E-state index >= 15 is 0 Å². The number of hydrogen-bond acceptors (Lipinski definition) is 5. The van der Waals surface area contributed by atoms with Crippen LogP contribution in [0.15, 0.2) is 65.6 Å². The van der Waals surface area contributed by atoms with Crippen LogP contribution in [0.5, 0.6) is 11.5 Å². The van der Waals surface area contributed by atoms with Crippen molar-refractivity contribution in [3.63, 3.8) is 0 Å². The molecular formula is C25H28N2O5S. The van der Waals surface area contributed by atoms with Gasteiger partial charge in [-0.05, 0) is 79.4 Å². The van der Waals surface area contributed by atoms with E-state index in [2.05, 4.69) is 10.0 Å². The lowest BCUT2D eigenvalue weighted by atomic mass is 10.1. The summed E-state index contributed by atoms with van der Waals surface area (Å²) >= 11 is 0. The predicted octanol–water partition coefficient (Wildman–Crippen LogP) is 4.09. The van der Waals surface area contributed by atoms with Crippen LogP contribution < -0.4 is 19.5 Å². The van der Waals surface area contributed by atoms with Crippen LogP contribution in [-0.4, -0.2) is 35.1 Å². The summed E-state index contributed by atoms with van der Waals surface area (Å²) in [5, 5.41) is 2.87. The molecule has 0 heterocycles. The van der Waals surface area contributed by atoms with Crippen molar-refractivity contribution in [2.45, 2.75) is 25.2 Å². The summed E-state index contributed by atoms with van der Waals surface area (Å²) < 4.78 is 38.4. The van der Waals surface area contributed by atoms with Gasteiger partial charge in [0.25, 0.3) is 15.9 Å². The monoisotopic (exact) mass is 468 g/mol. The Morgan fingerprint density at radius 3 is 2.24 bits per heavy atom. The number of ether oxygens (including phenoxy) is 2. The number of carbonyl (C=O) groups is 1. The Kier molecular flexibility index (Phi) is 7.60. The molecule has 0 aliphatic rings. The first kappa shape index (κ1) is 24.1. The molecule has 0 fully saturated rings. The highest BCUT2D eigenvalue weighted by molar-refractivity contribution is 7.92. The molecule has 3 aromatic rings. The third-order valence-electron chi connectivity index (χ3n) is 5.36. The number of sulfonamides is 1. The van der Waals surface area contributed by atoms with E-state index in [1.807, 2.05) is 26.0 Å². The fourth-order valence-electron chi connectivity index (χ4n) is 3.26. The summed E-state index contributed by atoms with van der Waals surface area (Å²) in [6.45, 7) is 4.21. The summed E-state index contributed by atoms with van der Waals surface area (Å²) in [5.74, 6) is 1.16. The lowest BCUT2D eigenvalue weighted by Gasteiger charge is -2.12. The Morgan fingerprint density at radius 1 is 0.879 bits per heavy atom. The van der Waals surface area contributed by atoms with Crippen molar-refractivity contribution in [1.29, 1.82) is 0 Å². The largest absolute Gasteiger partial charge is 0.497 e. The van der Waals surface area contributed by atoms with E-state index < -0.39 is 10.0 Å². The molecule has 2 N–H and O–H groups in total. The number of aryl methyl sites for hydroxylation is 2. The van der Waals surface area contributed by atoms with Crippen molar-refractivity contribution >= 4 is 21.6 Å². The molecule has 3 rings (SSSR count). The lowest BCUT2D eigenvalue weighted by molar-refractivity contribution is 0.0954. The zero-order valence-electron chi connectivity index (χ0n) is 19.1. The van der Waals surface area contributed by atoms with Gasteiger partial charge in [-0.1, -0.05) is 12.1 Å². The molecule has 0 bridgehead atoms. The van der Waals surface area contributed by atoms with E-state index in [9.17, 15) is 13.2 Å². The number of carbonyl (C=O) groups excluding carboxylic acids is 1. The quantitative estimate of drug-likeness (QED) is 0.493. The zero-order valence-corrected chi connectivity index (χ0v) is 20.0. The second-order valence-electron chi connectivity index (χ2n) is 7.61. The molecule has 33 heavy (non-hydrogen) atoms. The molecule has 0 aliphatic heterocycles. The smallest absolute Gasteiger partial charge is 0.261 e. The van der Waals surface area contributed by atoms with Crippen LogP contribution in [0.25, 0.3) is 0 Å². The fourth-order valence-corrected chi connectivity index (χ4v) is 4.40. The van der Waals surface area contributed by atoms with Gasteiger partial charge in [0.2, 0.25) is 0 Å². The van der Waals surface area contributed by atoms with Crippen molar-refractivity contribution < 1.29 is 22.7 Å². The topological polar surface area (TPSA) is 93.7 Å². The second-order valence-corrected chi connectivity index (χ2v) is 9.29. The molecule has 0 aliphatic carbocycles. The average molecular weight is 469 g/mol. The van der Waals surface area contributed by atoms with Crippen molar-refractivity contribution in [2.24, 2.45) is 0 Å². The second kappa shape index (κ2) is 10.4. The van der Waals surface area contributed by atoms with Crippen LogP contribution in [0.1, 0.15) is 27.0 Å². The lowest BCUT2D eigenvalue weighted by Crippen LogP contribution is -2.25. The molecule has 0 unspecified atom stereocenters. The first-order valence-electron chi connectivity index (χ1n) is 10.4. The molecular weight excluding hydrogens is 440 g/mol. The van der Waals surface area contributed by atoms with Gasteiger partial charge in [0, 0.05) is 23.9 Å². The van der Waals surface area contributed by atoms with Gasteiger partial charge in [0.1, 0.15) is 11.5 Å². The molecule has 3 aromatic carbocycles. The van der Waals surface area contributed by atoms with Crippen LogP contribution in [0.2, 0.25) is 0 Å². The van der Waals surface area contributed by atoms with Crippen molar-refractivity contribution in [3.05, 3.63) is 82.9 Å². The van der Waals surface area contributed by atoms with Crippen LogP contribution in [0, 0.1) is 13.8 Å². The highest BCUT2D eigenvalue weighted by Crippen LogP contribution is 2.25. The number of anilines is 1. The van der Waals surface area contributed by atoms with Crippen LogP contribution in [-0.2, 0) is 16.4 Å². The molecule has 0 spiro atoms. The SMILES string of the molecule is COc1ccc(CCNC(=O)c2ccc(NS(=O)(=O)c3ccc(C)c(C)c3)cc2)c(OC)c1. The third kappa shape index (κ3) is 6.04. The summed E-state index contributed by atoms with van der Waals surface area (Å²) in [7, 11) is -0.532. The average Bonchev–Trinajstić information content (AvgIpc) is 2.81. The van der Waals surface area contributed by atoms with E-state index in [0.29, 0.717) is 35.7 Å². The van der Waals surface area contributed by atoms with E-state index in [1.165, 1.54) is 0 Å². The molecule has 0 radical (unpaired) electrons. The maximum Gasteiger partial charge on any atom is 0.261 e. The Bertz CT molecular complexity index is 1240. The van der Waals surface area contributed by atoms with Gasteiger partial charge in [-0.25, -0.2) is 8.42 Å². The molecule has 1 amide bonds. The minimum absolute atomic E-state index is 0.196. The Labute approximate surface area is 194 Å². The molecule has 174 valence electrons. The van der Waals surface area contributed by atoms with Gasteiger partial charge in [-0.15, -0.1) is 0 Å². The molecule has 0 saturated carbocycles. The highest BCUT2D eigenvalue weighted by Gasteiger charge is 2.15.